The standard InChI is InChI=1S/C17H15N3O2S2/c1-22-12-9-7-11(8-10-12)16-19-20-17(24-16)18-15(21)13-5-3-4-6-14(13)23-2/h3-10H,1-2H3,(H,18,20,21). The van der Waals surface area contributed by atoms with E-state index in [-0.39, 0.29) is 5.91 Å². The number of aromatic nitrogens is 2. The van der Waals surface area contributed by atoms with Crippen molar-refractivity contribution < 1.29 is 9.53 Å². The quantitative estimate of drug-likeness (QED) is 0.694. The van der Waals surface area contributed by atoms with E-state index >= 15 is 0 Å². The lowest BCUT2D eigenvalue weighted by atomic mass is 10.2. The van der Waals surface area contributed by atoms with Crippen LogP contribution >= 0.6 is 23.1 Å². The summed E-state index contributed by atoms with van der Waals surface area (Å²) in [7, 11) is 1.63. The van der Waals surface area contributed by atoms with Crippen molar-refractivity contribution in [2.24, 2.45) is 0 Å². The minimum Gasteiger partial charge on any atom is -0.497 e. The van der Waals surface area contributed by atoms with Crippen LogP contribution in [0, 0.1) is 0 Å². The first kappa shape index (κ1) is 16.5. The van der Waals surface area contributed by atoms with E-state index in [1.165, 1.54) is 23.1 Å². The molecule has 2 aromatic carbocycles. The monoisotopic (exact) mass is 357 g/mol. The Morgan fingerprint density at radius 3 is 2.58 bits per heavy atom. The molecule has 0 aliphatic carbocycles. The molecule has 0 unspecified atom stereocenters. The number of thioether (sulfide) groups is 1. The third kappa shape index (κ3) is 3.58. The van der Waals surface area contributed by atoms with Gasteiger partial charge >= 0.3 is 0 Å². The summed E-state index contributed by atoms with van der Waals surface area (Å²) in [6, 6.07) is 15.0. The number of carbonyl (C=O) groups excluding carboxylic acids is 1. The Hall–Kier alpha value is -2.38. The van der Waals surface area contributed by atoms with Gasteiger partial charge in [0.2, 0.25) is 5.13 Å². The molecule has 0 aliphatic heterocycles. The number of nitrogens with one attached hydrogen (secondary N) is 1. The summed E-state index contributed by atoms with van der Waals surface area (Å²) in [6.07, 6.45) is 1.94. The van der Waals surface area contributed by atoms with Gasteiger partial charge in [-0.3, -0.25) is 10.1 Å². The summed E-state index contributed by atoms with van der Waals surface area (Å²) in [6.45, 7) is 0. The largest absolute Gasteiger partial charge is 0.497 e. The van der Waals surface area contributed by atoms with Crippen LogP contribution in [0.2, 0.25) is 0 Å². The Morgan fingerprint density at radius 2 is 1.88 bits per heavy atom. The average molecular weight is 357 g/mol. The van der Waals surface area contributed by atoms with E-state index in [0.717, 1.165) is 21.2 Å². The molecule has 0 bridgehead atoms. The summed E-state index contributed by atoms with van der Waals surface area (Å²) in [5.41, 5.74) is 1.56. The van der Waals surface area contributed by atoms with E-state index < -0.39 is 0 Å². The van der Waals surface area contributed by atoms with E-state index in [4.69, 9.17) is 4.74 Å². The first-order valence-corrected chi connectivity index (χ1v) is 9.17. The lowest BCUT2D eigenvalue weighted by Gasteiger charge is -2.05. The van der Waals surface area contributed by atoms with Gasteiger partial charge in [0.15, 0.2) is 0 Å². The van der Waals surface area contributed by atoms with Gasteiger partial charge in [0.25, 0.3) is 5.91 Å². The average Bonchev–Trinajstić information content (AvgIpc) is 3.10. The third-order valence-corrected chi connectivity index (χ3v) is 5.02. The molecule has 0 saturated carbocycles. The number of benzene rings is 2. The van der Waals surface area contributed by atoms with Crippen LogP contribution in [0.5, 0.6) is 5.75 Å². The topological polar surface area (TPSA) is 64.1 Å². The fourth-order valence-electron chi connectivity index (χ4n) is 2.12. The molecular formula is C17H15N3O2S2. The Kier molecular flexibility index (Phi) is 5.12. The molecule has 0 atom stereocenters. The molecule has 1 N–H and O–H groups in total. The summed E-state index contributed by atoms with van der Waals surface area (Å²) in [5.74, 6) is 0.600. The van der Waals surface area contributed by atoms with Crippen LogP contribution in [0.15, 0.2) is 53.4 Å². The third-order valence-electron chi connectivity index (χ3n) is 3.33. The second-order valence-electron chi connectivity index (χ2n) is 4.80. The number of amides is 1. The zero-order chi connectivity index (χ0) is 16.9. The Morgan fingerprint density at radius 1 is 1.12 bits per heavy atom. The van der Waals surface area contributed by atoms with E-state index in [1.807, 2.05) is 48.7 Å². The summed E-state index contributed by atoms with van der Waals surface area (Å²) in [5, 5.41) is 12.2. The van der Waals surface area contributed by atoms with Gasteiger partial charge < -0.3 is 4.74 Å². The number of hydrogen-bond donors (Lipinski definition) is 1. The molecule has 122 valence electrons. The molecule has 0 saturated heterocycles. The zero-order valence-electron chi connectivity index (χ0n) is 13.1. The predicted molar refractivity (Wildman–Crippen MR) is 98.1 cm³/mol. The highest BCUT2D eigenvalue weighted by atomic mass is 32.2. The number of anilines is 1. The van der Waals surface area contributed by atoms with Crippen LogP contribution in [0.25, 0.3) is 10.6 Å². The minimum absolute atomic E-state index is 0.183. The maximum Gasteiger partial charge on any atom is 0.258 e. The highest BCUT2D eigenvalue weighted by molar-refractivity contribution is 7.98. The fraction of sp³-hybridized carbons (Fsp3) is 0.118. The van der Waals surface area contributed by atoms with Crippen LogP contribution in [-0.2, 0) is 0 Å². The number of methoxy groups -OCH3 is 1. The number of ether oxygens (including phenoxy) is 1. The number of rotatable bonds is 5. The van der Waals surface area contributed by atoms with Crippen molar-refractivity contribution in [2.45, 2.75) is 4.90 Å². The number of hydrogen-bond acceptors (Lipinski definition) is 6. The van der Waals surface area contributed by atoms with Gasteiger partial charge in [-0.1, -0.05) is 23.5 Å². The molecule has 5 nitrogen and oxygen atoms in total. The smallest absolute Gasteiger partial charge is 0.258 e. The Balaban J connectivity index is 1.77. The highest BCUT2D eigenvalue weighted by Gasteiger charge is 2.14. The summed E-state index contributed by atoms with van der Waals surface area (Å²) in [4.78, 5) is 13.3. The van der Waals surface area contributed by atoms with Crippen LogP contribution in [0.4, 0.5) is 5.13 Å². The maximum atomic E-state index is 12.4. The molecule has 0 spiro atoms. The lowest BCUT2D eigenvalue weighted by Crippen LogP contribution is -2.12. The first-order chi connectivity index (χ1) is 11.7. The predicted octanol–water partition coefficient (Wildman–Crippen LogP) is 4.19. The fourth-order valence-corrected chi connectivity index (χ4v) is 3.46. The molecule has 0 aliphatic rings. The SMILES string of the molecule is COc1ccc(-c2nnc(NC(=O)c3ccccc3SC)s2)cc1. The van der Waals surface area contributed by atoms with Crippen molar-refractivity contribution in [3.05, 3.63) is 54.1 Å². The Labute approximate surface area is 148 Å². The van der Waals surface area contributed by atoms with Gasteiger partial charge in [-0.05, 0) is 42.7 Å². The first-order valence-electron chi connectivity index (χ1n) is 7.13. The van der Waals surface area contributed by atoms with Crippen molar-refractivity contribution >= 4 is 34.1 Å². The van der Waals surface area contributed by atoms with Gasteiger partial charge in [-0.15, -0.1) is 22.0 Å². The van der Waals surface area contributed by atoms with Crippen LogP contribution in [-0.4, -0.2) is 29.5 Å². The minimum atomic E-state index is -0.183. The molecule has 3 rings (SSSR count). The van der Waals surface area contributed by atoms with E-state index in [1.54, 1.807) is 13.2 Å². The van der Waals surface area contributed by atoms with Crippen molar-refractivity contribution in [1.82, 2.24) is 10.2 Å². The molecule has 1 aromatic heterocycles. The van der Waals surface area contributed by atoms with Crippen LogP contribution < -0.4 is 10.1 Å². The van der Waals surface area contributed by atoms with E-state index in [2.05, 4.69) is 15.5 Å². The number of carbonyl (C=O) groups is 1. The molecule has 0 radical (unpaired) electrons. The van der Waals surface area contributed by atoms with Crippen LogP contribution in [0.1, 0.15) is 10.4 Å². The van der Waals surface area contributed by atoms with Crippen molar-refractivity contribution in [3.8, 4) is 16.3 Å². The van der Waals surface area contributed by atoms with Gasteiger partial charge in [0.05, 0.1) is 12.7 Å². The molecular weight excluding hydrogens is 342 g/mol. The molecule has 24 heavy (non-hydrogen) atoms. The lowest BCUT2D eigenvalue weighted by molar-refractivity contribution is 0.102. The maximum absolute atomic E-state index is 12.4. The molecule has 3 aromatic rings. The molecule has 1 heterocycles. The number of nitrogens with zero attached hydrogens (tertiary/aromatic N) is 2. The van der Waals surface area contributed by atoms with Crippen molar-refractivity contribution in [3.63, 3.8) is 0 Å². The Bertz CT molecular complexity index is 847. The molecule has 0 fully saturated rings. The normalized spacial score (nSPS) is 10.4. The second-order valence-corrected chi connectivity index (χ2v) is 6.62. The van der Waals surface area contributed by atoms with Crippen molar-refractivity contribution in [2.75, 3.05) is 18.7 Å². The molecule has 1 amide bonds. The van der Waals surface area contributed by atoms with Crippen molar-refractivity contribution in [1.29, 1.82) is 0 Å². The van der Waals surface area contributed by atoms with Gasteiger partial charge in [-0.25, -0.2) is 0 Å². The summed E-state index contributed by atoms with van der Waals surface area (Å²) >= 11 is 2.87. The van der Waals surface area contributed by atoms with E-state index in [9.17, 15) is 4.79 Å². The van der Waals surface area contributed by atoms with Gasteiger partial charge in [0.1, 0.15) is 10.8 Å². The zero-order valence-corrected chi connectivity index (χ0v) is 14.8. The van der Waals surface area contributed by atoms with Crippen LogP contribution in [0.3, 0.4) is 0 Å². The molecule has 7 heteroatoms. The van der Waals surface area contributed by atoms with E-state index in [0.29, 0.717) is 10.7 Å². The van der Waals surface area contributed by atoms with Gasteiger partial charge in [-0.2, -0.15) is 0 Å². The second kappa shape index (κ2) is 7.46. The summed E-state index contributed by atoms with van der Waals surface area (Å²) < 4.78 is 5.14. The highest BCUT2D eigenvalue weighted by Crippen LogP contribution is 2.28. The van der Waals surface area contributed by atoms with Gasteiger partial charge in [0, 0.05) is 10.5 Å².